The largest absolute Gasteiger partial charge is 0.312 e. The van der Waals surface area contributed by atoms with Crippen LogP contribution in [0.25, 0.3) is 0 Å². The zero-order valence-electron chi connectivity index (χ0n) is 11.2. The number of piperidine rings is 1. The molecule has 2 nitrogen and oxygen atoms in total. The second-order valence-corrected chi connectivity index (χ2v) is 4.83. The average molecular weight is 221 g/mol. The Bertz CT molecular complexity index is 342. The molecule has 0 aromatic carbocycles. The highest BCUT2D eigenvalue weighted by Crippen LogP contribution is 2.31. The number of rotatable bonds is 1. The Labute approximate surface area is 99.0 Å². The van der Waals surface area contributed by atoms with Crippen LogP contribution < -0.4 is 0 Å². The van der Waals surface area contributed by atoms with E-state index in [1.807, 2.05) is 11.8 Å². The summed E-state index contributed by atoms with van der Waals surface area (Å²) in [5.41, 5.74) is 5.13. The fourth-order valence-corrected chi connectivity index (χ4v) is 2.31. The summed E-state index contributed by atoms with van der Waals surface area (Å²) in [4.78, 5) is 13.9. The number of amides is 1. The number of hydrogen-bond donors (Lipinski definition) is 0. The predicted octanol–water partition coefficient (Wildman–Crippen LogP) is 3.65. The van der Waals surface area contributed by atoms with Crippen molar-refractivity contribution in [2.24, 2.45) is 0 Å². The van der Waals surface area contributed by atoms with Gasteiger partial charge in [-0.3, -0.25) is 4.79 Å². The van der Waals surface area contributed by atoms with E-state index in [2.05, 4.69) is 27.7 Å². The quantitative estimate of drug-likeness (QED) is 0.662. The topological polar surface area (TPSA) is 20.3 Å². The second-order valence-electron chi connectivity index (χ2n) is 4.83. The number of allylic oxidation sites excluding steroid dienone is 3. The van der Waals surface area contributed by atoms with Crippen LogP contribution in [0.2, 0.25) is 0 Å². The molecule has 0 radical (unpaired) electrons. The number of nitrogens with zero attached hydrogens (tertiary/aromatic N) is 1. The fourth-order valence-electron chi connectivity index (χ4n) is 2.31. The number of carbonyl (C=O) groups is 1. The van der Waals surface area contributed by atoms with E-state index in [-0.39, 0.29) is 5.91 Å². The first-order valence-corrected chi connectivity index (χ1v) is 6.13. The highest BCUT2D eigenvalue weighted by Gasteiger charge is 2.25. The molecule has 0 aliphatic carbocycles. The lowest BCUT2D eigenvalue weighted by atomic mass is 9.93. The van der Waals surface area contributed by atoms with Crippen LogP contribution in [-0.2, 0) is 4.79 Å². The normalized spacial score (nSPS) is 16.4. The molecule has 16 heavy (non-hydrogen) atoms. The van der Waals surface area contributed by atoms with E-state index in [0.717, 1.165) is 19.4 Å². The number of likely N-dealkylation sites (tertiary alicyclic amines) is 1. The molecule has 1 saturated heterocycles. The summed E-state index contributed by atoms with van der Waals surface area (Å²) in [7, 11) is 0. The van der Waals surface area contributed by atoms with Crippen molar-refractivity contribution in [2.75, 3.05) is 6.54 Å². The number of hydrogen-bond acceptors (Lipinski definition) is 1. The van der Waals surface area contributed by atoms with Gasteiger partial charge in [0, 0.05) is 18.7 Å². The van der Waals surface area contributed by atoms with Crippen molar-refractivity contribution in [3.8, 4) is 0 Å². The van der Waals surface area contributed by atoms with Crippen molar-refractivity contribution in [3.63, 3.8) is 0 Å². The fraction of sp³-hybridized carbons (Fsp3) is 0.643. The summed E-state index contributed by atoms with van der Waals surface area (Å²) < 4.78 is 0. The molecule has 0 spiro atoms. The van der Waals surface area contributed by atoms with E-state index in [9.17, 15) is 4.79 Å². The molecular weight excluding hydrogens is 198 g/mol. The van der Waals surface area contributed by atoms with Gasteiger partial charge in [0.1, 0.15) is 0 Å². The van der Waals surface area contributed by atoms with Gasteiger partial charge in [0.05, 0.1) is 0 Å². The first-order chi connectivity index (χ1) is 7.49. The van der Waals surface area contributed by atoms with Crippen LogP contribution in [0.15, 0.2) is 22.4 Å². The summed E-state index contributed by atoms with van der Waals surface area (Å²) in [6.07, 6.45) is 2.78. The molecule has 0 unspecified atom stereocenters. The zero-order chi connectivity index (χ0) is 12.3. The van der Waals surface area contributed by atoms with Gasteiger partial charge in [0.15, 0.2) is 0 Å². The molecule has 0 N–H and O–H groups in total. The average Bonchev–Trinajstić information content (AvgIpc) is 2.26. The van der Waals surface area contributed by atoms with Crippen LogP contribution >= 0.6 is 0 Å². The van der Waals surface area contributed by atoms with Crippen molar-refractivity contribution in [2.45, 2.75) is 53.9 Å². The van der Waals surface area contributed by atoms with E-state index in [4.69, 9.17) is 0 Å². The molecule has 1 heterocycles. The van der Waals surface area contributed by atoms with Crippen LogP contribution in [0.3, 0.4) is 0 Å². The van der Waals surface area contributed by atoms with Gasteiger partial charge < -0.3 is 4.90 Å². The van der Waals surface area contributed by atoms with Gasteiger partial charge in [-0.25, -0.2) is 0 Å². The third-order valence-electron chi connectivity index (χ3n) is 3.04. The summed E-state index contributed by atoms with van der Waals surface area (Å²) in [6.45, 7) is 11.3. The lowest BCUT2D eigenvalue weighted by Gasteiger charge is -2.33. The minimum Gasteiger partial charge on any atom is -0.312 e. The Morgan fingerprint density at radius 2 is 1.81 bits per heavy atom. The molecule has 0 saturated carbocycles. The molecule has 1 aliphatic rings. The summed E-state index contributed by atoms with van der Waals surface area (Å²) in [5.74, 6) is 0.245. The standard InChI is InChI=1S/C14H23NO/c1-6-13(16)15-9-7-8-12(10(2)3)14(15)11(4)5/h6-9H2,1-5H3. The van der Waals surface area contributed by atoms with E-state index < -0.39 is 0 Å². The van der Waals surface area contributed by atoms with Crippen LogP contribution in [0.5, 0.6) is 0 Å². The molecule has 90 valence electrons. The molecule has 1 aliphatic heterocycles. The summed E-state index contributed by atoms with van der Waals surface area (Å²) in [5, 5.41) is 0. The van der Waals surface area contributed by atoms with Crippen molar-refractivity contribution in [1.82, 2.24) is 4.90 Å². The highest BCUT2D eigenvalue weighted by molar-refractivity contribution is 5.79. The molecule has 0 aromatic heterocycles. The Morgan fingerprint density at radius 3 is 2.25 bits per heavy atom. The molecule has 0 aromatic rings. The minimum absolute atomic E-state index is 0.245. The Kier molecular flexibility index (Phi) is 4.34. The minimum atomic E-state index is 0.245. The van der Waals surface area contributed by atoms with Gasteiger partial charge in [0.25, 0.3) is 0 Å². The first kappa shape index (κ1) is 13.0. The van der Waals surface area contributed by atoms with E-state index in [0.29, 0.717) is 6.42 Å². The van der Waals surface area contributed by atoms with Crippen LogP contribution in [0.1, 0.15) is 53.9 Å². The molecule has 1 rings (SSSR count). The van der Waals surface area contributed by atoms with Gasteiger partial charge in [-0.15, -0.1) is 0 Å². The van der Waals surface area contributed by atoms with Crippen molar-refractivity contribution < 1.29 is 4.79 Å². The van der Waals surface area contributed by atoms with Crippen molar-refractivity contribution in [1.29, 1.82) is 0 Å². The van der Waals surface area contributed by atoms with Crippen molar-refractivity contribution in [3.05, 3.63) is 22.4 Å². The number of carbonyl (C=O) groups excluding carboxylic acids is 1. The lowest BCUT2D eigenvalue weighted by molar-refractivity contribution is -0.129. The van der Waals surface area contributed by atoms with Gasteiger partial charge in [-0.05, 0) is 46.1 Å². The zero-order valence-corrected chi connectivity index (χ0v) is 11.2. The summed E-state index contributed by atoms with van der Waals surface area (Å²) in [6, 6.07) is 0. The van der Waals surface area contributed by atoms with Crippen molar-refractivity contribution >= 4 is 5.91 Å². The highest BCUT2D eigenvalue weighted by atomic mass is 16.2. The van der Waals surface area contributed by atoms with Crippen LogP contribution in [-0.4, -0.2) is 17.4 Å². The maximum absolute atomic E-state index is 11.9. The lowest BCUT2D eigenvalue weighted by Crippen LogP contribution is -2.35. The third-order valence-corrected chi connectivity index (χ3v) is 3.04. The first-order valence-electron chi connectivity index (χ1n) is 6.13. The molecule has 0 atom stereocenters. The Hall–Kier alpha value is -1.05. The Morgan fingerprint density at radius 1 is 1.19 bits per heavy atom. The van der Waals surface area contributed by atoms with Gasteiger partial charge in [-0.2, -0.15) is 0 Å². The molecule has 1 amide bonds. The van der Waals surface area contributed by atoms with E-state index in [1.165, 1.54) is 22.4 Å². The molecule has 2 heteroatoms. The maximum atomic E-state index is 11.9. The van der Waals surface area contributed by atoms with Gasteiger partial charge in [0.2, 0.25) is 5.91 Å². The summed E-state index contributed by atoms with van der Waals surface area (Å²) >= 11 is 0. The Balaban J connectivity index is 3.18. The van der Waals surface area contributed by atoms with E-state index in [1.54, 1.807) is 0 Å². The monoisotopic (exact) mass is 221 g/mol. The molecule has 0 bridgehead atoms. The predicted molar refractivity (Wildman–Crippen MR) is 68.0 cm³/mol. The molecular formula is C14H23NO. The van der Waals surface area contributed by atoms with Crippen LogP contribution in [0.4, 0.5) is 0 Å². The smallest absolute Gasteiger partial charge is 0.226 e. The SMILES string of the molecule is CCC(=O)N1CCCC(=C(C)C)C1=C(C)C. The van der Waals surface area contributed by atoms with Gasteiger partial charge in [-0.1, -0.05) is 18.1 Å². The second kappa shape index (κ2) is 5.33. The third kappa shape index (κ3) is 2.55. The van der Waals surface area contributed by atoms with E-state index >= 15 is 0 Å². The van der Waals surface area contributed by atoms with Crippen LogP contribution in [0, 0.1) is 0 Å². The molecule has 1 fully saturated rings. The maximum Gasteiger partial charge on any atom is 0.226 e. The van der Waals surface area contributed by atoms with Gasteiger partial charge >= 0.3 is 0 Å².